The van der Waals surface area contributed by atoms with Crippen molar-refractivity contribution < 1.29 is 19.1 Å². The van der Waals surface area contributed by atoms with Gasteiger partial charge in [-0.25, -0.2) is 0 Å². The number of carbonyl (C=O) groups excluding carboxylic acids is 2. The van der Waals surface area contributed by atoms with Crippen molar-refractivity contribution in [3.63, 3.8) is 0 Å². The van der Waals surface area contributed by atoms with Crippen molar-refractivity contribution in [2.75, 3.05) is 0 Å². The Bertz CT molecular complexity index is 518. The Kier molecular flexibility index (Phi) is 6.29. The van der Waals surface area contributed by atoms with E-state index in [4.69, 9.17) is 20.0 Å². The van der Waals surface area contributed by atoms with E-state index in [1.165, 1.54) is 0 Å². The topological polar surface area (TPSA) is 100 Å². The molecule has 0 aliphatic rings. The summed E-state index contributed by atoms with van der Waals surface area (Å²) in [6.45, 7) is 0.0129. The Balaban J connectivity index is 2.60. The van der Waals surface area contributed by atoms with Gasteiger partial charge in [0.1, 0.15) is 26.1 Å². The van der Waals surface area contributed by atoms with E-state index in [2.05, 4.69) is 0 Å². The van der Waals surface area contributed by atoms with Gasteiger partial charge in [-0.1, -0.05) is 24.3 Å². The summed E-state index contributed by atoms with van der Waals surface area (Å²) in [5, 5.41) is 16.7. The van der Waals surface area contributed by atoms with E-state index in [1.807, 2.05) is 0 Å². The minimum atomic E-state index is -0.608. The lowest BCUT2D eigenvalue weighted by Crippen LogP contribution is -2.08. The highest BCUT2D eigenvalue weighted by Gasteiger charge is 2.08. The highest BCUT2D eigenvalue weighted by atomic mass is 16.5. The molecule has 0 heterocycles. The number of hydrogen-bond acceptors (Lipinski definition) is 6. The zero-order chi connectivity index (χ0) is 14.8. The van der Waals surface area contributed by atoms with Crippen molar-refractivity contribution in [2.24, 2.45) is 0 Å². The summed E-state index contributed by atoms with van der Waals surface area (Å²) in [7, 11) is 0. The first-order chi connectivity index (χ1) is 9.67. The summed E-state index contributed by atoms with van der Waals surface area (Å²) in [5.74, 6) is -1.22. The number of carbonyl (C=O) groups is 2. The lowest BCUT2D eigenvalue weighted by atomic mass is 10.1. The fraction of sp³-hybridized carbons (Fsp3) is 0.286. The van der Waals surface area contributed by atoms with Crippen LogP contribution in [0.3, 0.4) is 0 Å². The normalized spacial score (nSPS) is 9.10. The number of benzene rings is 1. The number of nitriles is 2. The van der Waals surface area contributed by atoms with E-state index in [1.54, 1.807) is 36.4 Å². The summed E-state index contributed by atoms with van der Waals surface area (Å²) in [5.41, 5.74) is 1.37. The third kappa shape index (κ3) is 5.19. The molecule has 6 nitrogen and oxygen atoms in total. The zero-order valence-electron chi connectivity index (χ0n) is 10.7. The van der Waals surface area contributed by atoms with Gasteiger partial charge in [0.25, 0.3) is 0 Å². The molecule has 0 amide bonds. The van der Waals surface area contributed by atoms with Crippen LogP contribution in [0.2, 0.25) is 0 Å². The molecule has 6 heteroatoms. The molecule has 0 aliphatic heterocycles. The van der Waals surface area contributed by atoms with Crippen molar-refractivity contribution in [1.82, 2.24) is 0 Å². The molecule has 1 rings (SSSR count). The van der Waals surface area contributed by atoms with Gasteiger partial charge in [-0.15, -0.1) is 0 Å². The molecule has 0 saturated heterocycles. The molecular weight excluding hydrogens is 260 g/mol. The lowest BCUT2D eigenvalue weighted by molar-refractivity contribution is -0.145. The molecule has 102 valence electrons. The molecule has 1 aromatic carbocycles. The third-order valence-corrected chi connectivity index (χ3v) is 2.34. The highest BCUT2D eigenvalue weighted by molar-refractivity contribution is 5.72. The monoisotopic (exact) mass is 272 g/mol. The van der Waals surface area contributed by atoms with Crippen LogP contribution in [0.25, 0.3) is 0 Å². The Hall–Kier alpha value is -2.86. The van der Waals surface area contributed by atoms with Crippen molar-refractivity contribution >= 4 is 11.9 Å². The van der Waals surface area contributed by atoms with Crippen LogP contribution >= 0.6 is 0 Å². The van der Waals surface area contributed by atoms with Crippen LogP contribution in [0.5, 0.6) is 0 Å². The second-order valence-electron chi connectivity index (χ2n) is 3.76. The van der Waals surface area contributed by atoms with E-state index < -0.39 is 11.9 Å². The minimum absolute atomic E-state index is 0.00644. The van der Waals surface area contributed by atoms with Gasteiger partial charge in [-0.3, -0.25) is 9.59 Å². The Morgan fingerprint density at radius 1 is 0.900 bits per heavy atom. The van der Waals surface area contributed by atoms with Crippen molar-refractivity contribution in [3.8, 4) is 12.1 Å². The number of rotatable bonds is 6. The van der Waals surface area contributed by atoms with Crippen molar-refractivity contribution in [1.29, 1.82) is 10.5 Å². The Labute approximate surface area is 116 Å². The molecular formula is C14H12N2O4. The average Bonchev–Trinajstić information content (AvgIpc) is 2.44. The Morgan fingerprint density at radius 3 is 1.65 bits per heavy atom. The summed E-state index contributed by atoms with van der Waals surface area (Å²) in [4.78, 5) is 22.2. The van der Waals surface area contributed by atoms with Crippen LogP contribution < -0.4 is 0 Å². The smallest absolute Gasteiger partial charge is 0.320 e. The van der Waals surface area contributed by atoms with Gasteiger partial charge >= 0.3 is 11.9 Å². The third-order valence-electron chi connectivity index (χ3n) is 2.34. The molecule has 0 fully saturated rings. The molecule has 1 aromatic rings. The van der Waals surface area contributed by atoms with Gasteiger partial charge in [0.2, 0.25) is 0 Å². The van der Waals surface area contributed by atoms with E-state index in [9.17, 15) is 9.59 Å². The van der Waals surface area contributed by atoms with Crippen molar-refractivity contribution in [3.05, 3.63) is 35.4 Å². The van der Waals surface area contributed by atoms with Gasteiger partial charge in [-0.2, -0.15) is 10.5 Å². The number of ether oxygens (including phenoxy) is 2. The highest BCUT2D eigenvalue weighted by Crippen LogP contribution is 2.12. The van der Waals surface area contributed by atoms with Crippen LogP contribution in [0.15, 0.2) is 24.3 Å². The molecule has 0 radical (unpaired) electrons. The standard InChI is InChI=1S/C14H12N2O4/c15-7-5-13(17)19-9-11-3-1-2-4-12(11)10-20-14(18)6-8-16/h1-4H,5-6,9-10H2. The second kappa shape index (κ2) is 8.28. The van der Waals surface area contributed by atoms with Crippen LogP contribution in [0.4, 0.5) is 0 Å². The second-order valence-corrected chi connectivity index (χ2v) is 3.76. The number of nitrogens with zero attached hydrogens (tertiary/aromatic N) is 2. The predicted octanol–water partition coefficient (Wildman–Crippen LogP) is 1.60. The molecule has 0 unspecified atom stereocenters. The quantitative estimate of drug-likeness (QED) is 0.729. The molecule has 0 N–H and O–H groups in total. The molecule has 0 saturated carbocycles. The van der Waals surface area contributed by atoms with Gasteiger partial charge in [0.05, 0.1) is 12.1 Å². The average molecular weight is 272 g/mol. The van der Waals surface area contributed by atoms with Gasteiger partial charge in [-0.05, 0) is 11.1 Å². The van der Waals surface area contributed by atoms with Gasteiger partial charge in [0, 0.05) is 0 Å². The largest absolute Gasteiger partial charge is 0.460 e. The molecule has 0 aliphatic carbocycles. The van der Waals surface area contributed by atoms with E-state index in [0.717, 1.165) is 0 Å². The van der Waals surface area contributed by atoms with Crippen LogP contribution in [-0.2, 0) is 32.3 Å². The first-order valence-electron chi connectivity index (χ1n) is 5.79. The number of esters is 2. The lowest BCUT2D eigenvalue weighted by Gasteiger charge is -2.09. The maximum Gasteiger partial charge on any atom is 0.320 e. The molecule has 0 spiro atoms. The summed E-state index contributed by atoms with van der Waals surface area (Å²) in [6, 6.07) is 10.4. The summed E-state index contributed by atoms with van der Waals surface area (Å²) in [6.07, 6.45) is -0.612. The summed E-state index contributed by atoms with van der Waals surface area (Å²) >= 11 is 0. The summed E-state index contributed by atoms with van der Waals surface area (Å²) < 4.78 is 9.82. The molecule has 20 heavy (non-hydrogen) atoms. The Morgan fingerprint density at radius 2 is 1.30 bits per heavy atom. The molecule has 0 aromatic heterocycles. The molecule has 0 bridgehead atoms. The van der Waals surface area contributed by atoms with Crippen LogP contribution in [-0.4, -0.2) is 11.9 Å². The molecule has 0 atom stereocenters. The van der Waals surface area contributed by atoms with E-state index in [-0.39, 0.29) is 26.1 Å². The predicted molar refractivity (Wildman–Crippen MR) is 66.5 cm³/mol. The van der Waals surface area contributed by atoms with Gasteiger partial charge < -0.3 is 9.47 Å². The fourth-order valence-electron chi connectivity index (χ4n) is 1.39. The first-order valence-corrected chi connectivity index (χ1v) is 5.79. The van der Waals surface area contributed by atoms with Gasteiger partial charge in [0.15, 0.2) is 0 Å². The van der Waals surface area contributed by atoms with Crippen LogP contribution in [0.1, 0.15) is 24.0 Å². The number of hydrogen-bond donors (Lipinski definition) is 0. The fourth-order valence-corrected chi connectivity index (χ4v) is 1.39. The van der Waals surface area contributed by atoms with E-state index >= 15 is 0 Å². The minimum Gasteiger partial charge on any atom is -0.460 e. The maximum absolute atomic E-state index is 11.1. The first kappa shape index (κ1) is 15.2. The van der Waals surface area contributed by atoms with E-state index in [0.29, 0.717) is 11.1 Å². The SMILES string of the molecule is N#CCC(=O)OCc1ccccc1COC(=O)CC#N. The van der Waals surface area contributed by atoms with Crippen LogP contribution in [0, 0.1) is 22.7 Å². The maximum atomic E-state index is 11.1. The zero-order valence-corrected chi connectivity index (χ0v) is 10.7. The van der Waals surface area contributed by atoms with Crippen molar-refractivity contribution in [2.45, 2.75) is 26.1 Å².